The SMILES string of the molecule is CCC1CCCC1(O)CCCOC. The lowest BCUT2D eigenvalue weighted by Gasteiger charge is -2.29. The summed E-state index contributed by atoms with van der Waals surface area (Å²) in [6, 6.07) is 0. The standard InChI is InChI=1S/C11H22O2/c1-3-10-6-4-7-11(10,12)8-5-9-13-2/h10,12H,3-9H2,1-2H3. The Morgan fingerprint density at radius 1 is 1.54 bits per heavy atom. The summed E-state index contributed by atoms with van der Waals surface area (Å²) in [6.45, 7) is 2.95. The van der Waals surface area contributed by atoms with Crippen molar-refractivity contribution in [1.29, 1.82) is 0 Å². The molecule has 1 aliphatic carbocycles. The van der Waals surface area contributed by atoms with E-state index in [2.05, 4.69) is 6.92 Å². The van der Waals surface area contributed by atoms with Crippen molar-refractivity contribution in [3.8, 4) is 0 Å². The normalized spacial score (nSPS) is 33.9. The van der Waals surface area contributed by atoms with E-state index in [1.807, 2.05) is 0 Å². The largest absolute Gasteiger partial charge is 0.390 e. The Kier molecular flexibility index (Phi) is 4.20. The second kappa shape index (κ2) is 4.97. The highest BCUT2D eigenvalue weighted by Crippen LogP contribution is 2.40. The Morgan fingerprint density at radius 3 is 2.92 bits per heavy atom. The third kappa shape index (κ3) is 2.68. The molecule has 0 aliphatic heterocycles. The van der Waals surface area contributed by atoms with Gasteiger partial charge in [-0.1, -0.05) is 19.8 Å². The van der Waals surface area contributed by atoms with Gasteiger partial charge in [0.05, 0.1) is 5.60 Å². The van der Waals surface area contributed by atoms with Crippen LogP contribution in [0.1, 0.15) is 45.4 Å². The van der Waals surface area contributed by atoms with Gasteiger partial charge in [0, 0.05) is 13.7 Å². The number of methoxy groups -OCH3 is 1. The maximum atomic E-state index is 10.3. The van der Waals surface area contributed by atoms with Crippen LogP contribution >= 0.6 is 0 Å². The maximum absolute atomic E-state index is 10.3. The Balaban J connectivity index is 2.34. The lowest BCUT2D eigenvalue weighted by atomic mass is 9.85. The van der Waals surface area contributed by atoms with Crippen LogP contribution in [0.25, 0.3) is 0 Å². The van der Waals surface area contributed by atoms with Crippen LogP contribution in [0.2, 0.25) is 0 Å². The molecule has 1 N–H and O–H groups in total. The topological polar surface area (TPSA) is 29.5 Å². The van der Waals surface area contributed by atoms with Crippen molar-refractivity contribution in [1.82, 2.24) is 0 Å². The lowest BCUT2D eigenvalue weighted by Crippen LogP contribution is -2.32. The molecule has 0 saturated heterocycles. The van der Waals surface area contributed by atoms with Gasteiger partial charge in [-0.2, -0.15) is 0 Å². The third-order valence-corrected chi connectivity index (χ3v) is 3.37. The van der Waals surface area contributed by atoms with E-state index < -0.39 is 0 Å². The van der Waals surface area contributed by atoms with Gasteiger partial charge in [0.2, 0.25) is 0 Å². The zero-order chi connectivity index (χ0) is 9.73. The number of hydrogen-bond acceptors (Lipinski definition) is 2. The first-order chi connectivity index (χ1) is 6.23. The first-order valence-electron chi connectivity index (χ1n) is 5.44. The fourth-order valence-electron chi connectivity index (χ4n) is 2.56. The summed E-state index contributed by atoms with van der Waals surface area (Å²) in [7, 11) is 1.72. The molecule has 13 heavy (non-hydrogen) atoms. The van der Waals surface area contributed by atoms with Gasteiger partial charge in [-0.3, -0.25) is 0 Å². The molecular formula is C11H22O2. The Morgan fingerprint density at radius 2 is 2.31 bits per heavy atom. The molecule has 1 fully saturated rings. The van der Waals surface area contributed by atoms with Crippen molar-refractivity contribution in [2.24, 2.45) is 5.92 Å². The minimum Gasteiger partial charge on any atom is -0.390 e. The number of hydrogen-bond donors (Lipinski definition) is 1. The molecule has 1 aliphatic rings. The lowest BCUT2D eigenvalue weighted by molar-refractivity contribution is -0.0133. The van der Waals surface area contributed by atoms with Crippen LogP contribution in [-0.4, -0.2) is 24.4 Å². The van der Waals surface area contributed by atoms with Crippen molar-refractivity contribution in [2.75, 3.05) is 13.7 Å². The third-order valence-electron chi connectivity index (χ3n) is 3.37. The van der Waals surface area contributed by atoms with Gasteiger partial charge >= 0.3 is 0 Å². The molecule has 0 aromatic carbocycles. The smallest absolute Gasteiger partial charge is 0.0676 e. The highest BCUT2D eigenvalue weighted by Gasteiger charge is 2.38. The van der Waals surface area contributed by atoms with Gasteiger partial charge in [0.25, 0.3) is 0 Å². The average molecular weight is 186 g/mol. The van der Waals surface area contributed by atoms with Crippen LogP contribution < -0.4 is 0 Å². The van der Waals surface area contributed by atoms with Crippen molar-refractivity contribution < 1.29 is 9.84 Å². The number of aliphatic hydroxyl groups is 1. The molecule has 0 spiro atoms. The van der Waals surface area contributed by atoms with Crippen LogP contribution in [0.3, 0.4) is 0 Å². The molecule has 0 amide bonds. The molecule has 2 nitrogen and oxygen atoms in total. The fourth-order valence-corrected chi connectivity index (χ4v) is 2.56. The second-order valence-electron chi connectivity index (χ2n) is 4.20. The molecule has 0 radical (unpaired) electrons. The summed E-state index contributed by atoms with van der Waals surface area (Å²) in [6.07, 6.45) is 6.42. The van der Waals surface area contributed by atoms with Crippen LogP contribution in [0.4, 0.5) is 0 Å². The van der Waals surface area contributed by atoms with Gasteiger partial charge in [-0.25, -0.2) is 0 Å². The van der Waals surface area contributed by atoms with Gasteiger partial charge in [0.15, 0.2) is 0 Å². The van der Waals surface area contributed by atoms with Gasteiger partial charge < -0.3 is 9.84 Å². The van der Waals surface area contributed by atoms with Gasteiger partial charge in [-0.05, 0) is 31.6 Å². The van der Waals surface area contributed by atoms with Gasteiger partial charge in [0.1, 0.15) is 0 Å². The molecular weight excluding hydrogens is 164 g/mol. The van der Waals surface area contributed by atoms with Crippen molar-refractivity contribution in [2.45, 2.75) is 51.0 Å². The summed E-state index contributed by atoms with van der Waals surface area (Å²) >= 11 is 0. The predicted octanol–water partition coefficient (Wildman–Crippen LogP) is 2.35. The Hall–Kier alpha value is -0.0800. The van der Waals surface area contributed by atoms with Crippen LogP contribution in [0.15, 0.2) is 0 Å². The van der Waals surface area contributed by atoms with E-state index in [4.69, 9.17) is 4.74 Å². The molecule has 1 saturated carbocycles. The molecule has 2 unspecified atom stereocenters. The van der Waals surface area contributed by atoms with E-state index in [9.17, 15) is 5.11 Å². The van der Waals surface area contributed by atoms with E-state index in [0.29, 0.717) is 5.92 Å². The van der Waals surface area contributed by atoms with Gasteiger partial charge in [-0.15, -0.1) is 0 Å². The molecule has 0 bridgehead atoms. The van der Waals surface area contributed by atoms with Crippen molar-refractivity contribution in [3.05, 3.63) is 0 Å². The van der Waals surface area contributed by atoms with E-state index in [0.717, 1.165) is 32.3 Å². The molecule has 0 heterocycles. The molecule has 0 aromatic heterocycles. The first-order valence-corrected chi connectivity index (χ1v) is 5.44. The fraction of sp³-hybridized carbons (Fsp3) is 1.00. The molecule has 78 valence electrons. The van der Waals surface area contributed by atoms with E-state index >= 15 is 0 Å². The zero-order valence-electron chi connectivity index (χ0n) is 8.88. The van der Waals surface area contributed by atoms with Crippen molar-refractivity contribution >= 4 is 0 Å². The summed E-state index contributed by atoms with van der Waals surface area (Å²) in [5, 5.41) is 10.3. The summed E-state index contributed by atoms with van der Waals surface area (Å²) in [5.41, 5.74) is -0.368. The monoisotopic (exact) mass is 186 g/mol. The minimum atomic E-state index is -0.368. The summed E-state index contributed by atoms with van der Waals surface area (Å²) < 4.78 is 5.00. The minimum absolute atomic E-state index is 0.368. The van der Waals surface area contributed by atoms with Crippen LogP contribution in [0, 0.1) is 5.92 Å². The predicted molar refractivity (Wildman–Crippen MR) is 53.7 cm³/mol. The highest BCUT2D eigenvalue weighted by molar-refractivity contribution is 4.91. The maximum Gasteiger partial charge on any atom is 0.0676 e. The average Bonchev–Trinajstić information content (AvgIpc) is 2.47. The van der Waals surface area contributed by atoms with Crippen LogP contribution in [0.5, 0.6) is 0 Å². The molecule has 2 atom stereocenters. The quantitative estimate of drug-likeness (QED) is 0.668. The number of rotatable bonds is 5. The molecule has 2 heteroatoms. The first kappa shape index (κ1) is 11.0. The zero-order valence-corrected chi connectivity index (χ0v) is 8.88. The highest BCUT2D eigenvalue weighted by atomic mass is 16.5. The summed E-state index contributed by atoms with van der Waals surface area (Å²) in [4.78, 5) is 0. The van der Waals surface area contributed by atoms with Crippen LogP contribution in [-0.2, 0) is 4.74 Å². The Bertz CT molecular complexity index is 147. The molecule has 0 aromatic rings. The van der Waals surface area contributed by atoms with E-state index in [1.54, 1.807) is 7.11 Å². The second-order valence-corrected chi connectivity index (χ2v) is 4.20. The molecule has 1 rings (SSSR count). The number of ether oxygens (including phenoxy) is 1. The summed E-state index contributed by atoms with van der Waals surface area (Å²) in [5.74, 6) is 0.532. The Labute approximate surface area is 81.3 Å². The van der Waals surface area contributed by atoms with E-state index in [-0.39, 0.29) is 5.60 Å². The van der Waals surface area contributed by atoms with Crippen molar-refractivity contribution in [3.63, 3.8) is 0 Å². The van der Waals surface area contributed by atoms with E-state index in [1.165, 1.54) is 12.8 Å².